The molecule has 1 aliphatic rings. The van der Waals surface area contributed by atoms with E-state index in [4.69, 9.17) is 4.99 Å². The number of nitrogens with zero attached hydrogens (tertiary/aromatic N) is 2. The van der Waals surface area contributed by atoms with Gasteiger partial charge in [-0.2, -0.15) is 0 Å². The van der Waals surface area contributed by atoms with Gasteiger partial charge < -0.3 is 5.11 Å². The first-order chi connectivity index (χ1) is 14.3. The second-order valence-electron chi connectivity index (χ2n) is 9.06. The van der Waals surface area contributed by atoms with Crippen LogP contribution in [0.2, 0.25) is 0 Å². The van der Waals surface area contributed by atoms with Gasteiger partial charge in [0.05, 0.1) is 19.4 Å². The fraction of sp³-hybridized carbons (Fsp3) is 0.885. The number of likely N-dealkylation sites (N-methyl/N-ethyl adjacent to an activating group) is 1. The molecule has 0 amide bonds. The number of rotatable bonds is 20. The van der Waals surface area contributed by atoms with Gasteiger partial charge in [-0.3, -0.25) is 4.48 Å². The SMILES string of the molecule is CCCCCCCCCCCCCCC/C=C/CCC1N=CC[N+]1(CC)CCO. The summed E-state index contributed by atoms with van der Waals surface area (Å²) >= 11 is 0. The normalized spacial score (nSPS) is 21.6. The topological polar surface area (TPSA) is 32.6 Å². The molecule has 1 rings (SSSR count). The summed E-state index contributed by atoms with van der Waals surface area (Å²) in [6.45, 7) is 7.67. The Morgan fingerprint density at radius 1 is 0.828 bits per heavy atom. The molecule has 0 bridgehead atoms. The van der Waals surface area contributed by atoms with E-state index < -0.39 is 0 Å². The van der Waals surface area contributed by atoms with Crippen LogP contribution in [0.25, 0.3) is 0 Å². The van der Waals surface area contributed by atoms with E-state index in [-0.39, 0.29) is 6.61 Å². The average Bonchev–Trinajstić information content (AvgIpc) is 3.13. The van der Waals surface area contributed by atoms with Crippen LogP contribution in [0.5, 0.6) is 0 Å². The number of aliphatic hydroxyl groups excluding tert-OH is 1. The minimum atomic E-state index is 0.266. The first-order valence-corrected chi connectivity index (χ1v) is 12.9. The van der Waals surface area contributed by atoms with Crippen molar-refractivity contribution in [3.8, 4) is 0 Å². The van der Waals surface area contributed by atoms with Crippen molar-refractivity contribution in [3.05, 3.63) is 12.2 Å². The number of quaternary nitrogens is 1. The lowest BCUT2D eigenvalue weighted by molar-refractivity contribution is -0.936. The van der Waals surface area contributed by atoms with Crippen molar-refractivity contribution in [1.82, 2.24) is 0 Å². The maximum atomic E-state index is 9.38. The Kier molecular flexibility index (Phi) is 16.5. The third-order valence-corrected chi connectivity index (χ3v) is 6.76. The quantitative estimate of drug-likeness (QED) is 0.131. The number of allylic oxidation sites excluding steroid dienone is 2. The standard InChI is InChI=1S/C26H51N2O/c1-3-5-6-7-8-9-10-11-12-13-14-15-16-17-18-19-20-21-26-27-22-23-28(26,4-2)24-25-29/h18-19,22,26,29H,3-17,20-21,23-25H2,1-2H3/q+1/b19-18+. The van der Waals surface area contributed by atoms with E-state index in [2.05, 4.69) is 32.2 Å². The Morgan fingerprint density at radius 2 is 1.38 bits per heavy atom. The summed E-state index contributed by atoms with van der Waals surface area (Å²) in [6.07, 6.45) is 29.1. The van der Waals surface area contributed by atoms with E-state index in [1.165, 1.54) is 89.9 Å². The van der Waals surface area contributed by atoms with Crippen molar-refractivity contribution in [2.45, 2.75) is 123 Å². The molecule has 3 nitrogen and oxygen atoms in total. The van der Waals surface area contributed by atoms with Crippen LogP contribution in [-0.4, -0.2) is 48.2 Å². The molecule has 0 aromatic rings. The highest BCUT2D eigenvalue weighted by Crippen LogP contribution is 2.23. The van der Waals surface area contributed by atoms with Crippen LogP contribution in [0.15, 0.2) is 17.1 Å². The molecule has 2 unspecified atom stereocenters. The predicted molar refractivity (Wildman–Crippen MR) is 129 cm³/mol. The fourth-order valence-electron chi connectivity index (χ4n) is 4.64. The molecule has 1 aliphatic heterocycles. The molecule has 29 heavy (non-hydrogen) atoms. The van der Waals surface area contributed by atoms with Crippen LogP contribution in [0.4, 0.5) is 0 Å². The Bertz CT molecular complexity index is 421. The van der Waals surface area contributed by atoms with Crippen molar-refractivity contribution < 1.29 is 9.59 Å². The lowest BCUT2D eigenvalue weighted by atomic mass is 10.0. The van der Waals surface area contributed by atoms with Crippen LogP contribution in [0.3, 0.4) is 0 Å². The molecule has 1 heterocycles. The van der Waals surface area contributed by atoms with E-state index in [0.717, 1.165) is 37.0 Å². The maximum Gasteiger partial charge on any atom is 0.183 e. The number of hydrogen-bond acceptors (Lipinski definition) is 2. The number of hydrogen-bond donors (Lipinski definition) is 1. The van der Waals surface area contributed by atoms with E-state index in [1.807, 2.05) is 0 Å². The number of aliphatic hydroxyl groups is 1. The van der Waals surface area contributed by atoms with Crippen molar-refractivity contribution in [1.29, 1.82) is 0 Å². The number of aliphatic imine (C=N–C) groups is 1. The summed E-state index contributed by atoms with van der Waals surface area (Å²) < 4.78 is 0.948. The molecule has 0 saturated carbocycles. The summed E-state index contributed by atoms with van der Waals surface area (Å²) in [6, 6.07) is 0. The van der Waals surface area contributed by atoms with E-state index in [1.54, 1.807) is 0 Å². The Labute approximate surface area is 182 Å². The van der Waals surface area contributed by atoms with Gasteiger partial charge in [-0.25, -0.2) is 4.99 Å². The highest BCUT2D eigenvalue weighted by atomic mass is 16.3. The third-order valence-electron chi connectivity index (χ3n) is 6.76. The summed E-state index contributed by atoms with van der Waals surface area (Å²) in [5, 5.41) is 9.38. The maximum absolute atomic E-state index is 9.38. The van der Waals surface area contributed by atoms with Crippen molar-refractivity contribution >= 4 is 6.21 Å². The van der Waals surface area contributed by atoms with Gasteiger partial charge >= 0.3 is 0 Å². The number of unbranched alkanes of at least 4 members (excludes halogenated alkanes) is 13. The molecular formula is C26H51N2O+. The van der Waals surface area contributed by atoms with Gasteiger partial charge in [0.2, 0.25) is 0 Å². The van der Waals surface area contributed by atoms with Crippen LogP contribution in [-0.2, 0) is 0 Å². The fourth-order valence-corrected chi connectivity index (χ4v) is 4.64. The minimum absolute atomic E-state index is 0.266. The molecule has 0 aromatic carbocycles. The molecule has 3 heteroatoms. The Hall–Kier alpha value is -0.670. The van der Waals surface area contributed by atoms with Crippen molar-refractivity contribution in [2.24, 2.45) is 4.99 Å². The van der Waals surface area contributed by atoms with Gasteiger partial charge in [0, 0.05) is 6.42 Å². The molecular weight excluding hydrogens is 356 g/mol. The largest absolute Gasteiger partial charge is 0.391 e. The molecule has 170 valence electrons. The van der Waals surface area contributed by atoms with Gasteiger partial charge in [-0.1, -0.05) is 96.1 Å². The zero-order valence-electron chi connectivity index (χ0n) is 19.8. The summed E-state index contributed by atoms with van der Waals surface area (Å²) in [4.78, 5) is 4.69. The van der Waals surface area contributed by atoms with Crippen LogP contribution in [0, 0.1) is 0 Å². The molecule has 0 aromatic heterocycles. The predicted octanol–water partition coefficient (Wildman–Crippen LogP) is 7.04. The van der Waals surface area contributed by atoms with Gasteiger partial charge in [-0.15, -0.1) is 0 Å². The highest BCUT2D eigenvalue weighted by Gasteiger charge is 2.36. The first-order valence-electron chi connectivity index (χ1n) is 12.9. The highest BCUT2D eigenvalue weighted by molar-refractivity contribution is 5.60. The van der Waals surface area contributed by atoms with Crippen molar-refractivity contribution in [2.75, 3.05) is 26.2 Å². The lowest BCUT2D eigenvalue weighted by Gasteiger charge is -2.37. The van der Waals surface area contributed by atoms with Crippen LogP contribution in [0.1, 0.15) is 117 Å². The Morgan fingerprint density at radius 3 is 1.93 bits per heavy atom. The molecule has 2 atom stereocenters. The van der Waals surface area contributed by atoms with E-state index in [0.29, 0.717) is 6.17 Å². The zero-order chi connectivity index (χ0) is 21.0. The van der Waals surface area contributed by atoms with Gasteiger partial charge in [-0.05, 0) is 26.2 Å². The van der Waals surface area contributed by atoms with Gasteiger partial charge in [0.1, 0.15) is 13.1 Å². The third kappa shape index (κ3) is 11.9. The van der Waals surface area contributed by atoms with Gasteiger partial charge in [0.15, 0.2) is 6.17 Å². The van der Waals surface area contributed by atoms with E-state index >= 15 is 0 Å². The molecule has 0 saturated heterocycles. The molecule has 1 N–H and O–H groups in total. The van der Waals surface area contributed by atoms with Crippen LogP contribution < -0.4 is 0 Å². The molecule has 0 aliphatic carbocycles. The summed E-state index contributed by atoms with van der Waals surface area (Å²) in [7, 11) is 0. The minimum Gasteiger partial charge on any atom is -0.391 e. The first kappa shape index (κ1) is 26.4. The Balaban J connectivity index is 1.89. The smallest absolute Gasteiger partial charge is 0.183 e. The van der Waals surface area contributed by atoms with E-state index in [9.17, 15) is 5.11 Å². The summed E-state index contributed by atoms with van der Waals surface area (Å²) in [5.74, 6) is 0. The zero-order valence-corrected chi connectivity index (χ0v) is 19.8. The summed E-state index contributed by atoms with van der Waals surface area (Å²) in [5.41, 5.74) is 0. The monoisotopic (exact) mass is 407 g/mol. The molecule has 0 spiro atoms. The second-order valence-corrected chi connectivity index (χ2v) is 9.06. The van der Waals surface area contributed by atoms with Crippen molar-refractivity contribution in [3.63, 3.8) is 0 Å². The molecule has 0 fully saturated rings. The lowest BCUT2D eigenvalue weighted by Crippen LogP contribution is -2.53. The average molecular weight is 408 g/mol. The van der Waals surface area contributed by atoms with Gasteiger partial charge in [0.25, 0.3) is 0 Å². The molecule has 0 radical (unpaired) electrons. The second kappa shape index (κ2) is 18.1. The van der Waals surface area contributed by atoms with Crippen LogP contribution >= 0.6 is 0 Å².